The number of methoxy groups -OCH3 is 1. The lowest BCUT2D eigenvalue weighted by molar-refractivity contribution is 0.238. The smallest absolute Gasteiger partial charge is 0.314 e. The van der Waals surface area contributed by atoms with Gasteiger partial charge in [0.1, 0.15) is 5.75 Å². The Morgan fingerprint density at radius 1 is 1.08 bits per heavy atom. The largest absolute Gasteiger partial charge is 0.497 e. The van der Waals surface area contributed by atoms with Crippen molar-refractivity contribution in [1.29, 1.82) is 0 Å². The van der Waals surface area contributed by atoms with Gasteiger partial charge in [-0.15, -0.1) is 0 Å². The van der Waals surface area contributed by atoms with E-state index in [9.17, 15) is 4.79 Å². The van der Waals surface area contributed by atoms with Gasteiger partial charge in [0.25, 0.3) is 0 Å². The van der Waals surface area contributed by atoms with Crippen molar-refractivity contribution in [2.24, 2.45) is 0 Å². The SMILES string of the molecule is COc1cccc(CCNC(=O)NCC(C)(C)c2ccc(C)cc2)c1. The number of amides is 2. The number of carbonyl (C=O) groups excluding carboxylic acids is 1. The summed E-state index contributed by atoms with van der Waals surface area (Å²) in [6.45, 7) is 7.51. The summed E-state index contributed by atoms with van der Waals surface area (Å²) >= 11 is 0. The molecule has 2 amide bonds. The molecular weight excluding hydrogens is 312 g/mol. The summed E-state index contributed by atoms with van der Waals surface area (Å²) in [4.78, 5) is 12.0. The fraction of sp³-hybridized carbons (Fsp3) is 0.381. The lowest BCUT2D eigenvalue weighted by atomic mass is 9.84. The first-order valence-corrected chi connectivity index (χ1v) is 8.62. The average Bonchev–Trinajstić information content (AvgIpc) is 2.61. The van der Waals surface area contributed by atoms with E-state index in [-0.39, 0.29) is 11.4 Å². The van der Waals surface area contributed by atoms with Gasteiger partial charge in [0.05, 0.1) is 7.11 Å². The van der Waals surface area contributed by atoms with E-state index in [1.54, 1.807) is 7.11 Å². The zero-order valence-corrected chi connectivity index (χ0v) is 15.6. The Balaban J connectivity index is 1.77. The number of urea groups is 1. The summed E-state index contributed by atoms with van der Waals surface area (Å²) < 4.78 is 5.21. The van der Waals surface area contributed by atoms with E-state index in [0.717, 1.165) is 17.7 Å². The van der Waals surface area contributed by atoms with Crippen molar-refractivity contribution < 1.29 is 9.53 Å². The van der Waals surface area contributed by atoms with Crippen LogP contribution in [0.1, 0.15) is 30.5 Å². The number of nitrogens with one attached hydrogen (secondary N) is 2. The van der Waals surface area contributed by atoms with E-state index >= 15 is 0 Å². The van der Waals surface area contributed by atoms with E-state index in [4.69, 9.17) is 4.74 Å². The van der Waals surface area contributed by atoms with E-state index in [1.807, 2.05) is 24.3 Å². The summed E-state index contributed by atoms with van der Waals surface area (Å²) in [5, 5.41) is 5.88. The summed E-state index contributed by atoms with van der Waals surface area (Å²) in [5.74, 6) is 0.835. The molecule has 0 saturated carbocycles. The maximum absolute atomic E-state index is 12.0. The predicted octanol–water partition coefficient (Wildman–Crippen LogP) is 3.82. The van der Waals surface area contributed by atoms with Crippen LogP contribution in [0.2, 0.25) is 0 Å². The van der Waals surface area contributed by atoms with E-state index < -0.39 is 0 Å². The molecular formula is C21H28N2O2. The minimum Gasteiger partial charge on any atom is -0.497 e. The van der Waals surface area contributed by atoms with Crippen LogP contribution >= 0.6 is 0 Å². The highest BCUT2D eigenvalue weighted by atomic mass is 16.5. The molecule has 0 radical (unpaired) electrons. The van der Waals surface area contributed by atoms with Crippen LogP contribution in [0.25, 0.3) is 0 Å². The molecule has 0 spiro atoms. The van der Waals surface area contributed by atoms with Crippen LogP contribution in [0.15, 0.2) is 48.5 Å². The van der Waals surface area contributed by atoms with Crippen LogP contribution in [0.4, 0.5) is 4.79 Å². The lowest BCUT2D eigenvalue weighted by Crippen LogP contribution is -2.42. The van der Waals surface area contributed by atoms with Crippen molar-refractivity contribution in [2.45, 2.75) is 32.6 Å². The van der Waals surface area contributed by atoms with Crippen LogP contribution in [-0.2, 0) is 11.8 Å². The van der Waals surface area contributed by atoms with Gasteiger partial charge in [0.2, 0.25) is 0 Å². The minimum absolute atomic E-state index is 0.113. The highest BCUT2D eigenvalue weighted by molar-refractivity contribution is 5.74. The van der Waals surface area contributed by atoms with Crippen LogP contribution in [0.5, 0.6) is 5.75 Å². The molecule has 4 heteroatoms. The third-order valence-corrected chi connectivity index (χ3v) is 4.36. The normalized spacial score (nSPS) is 11.0. The second kappa shape index (κ2) is 8.56. The number of ether oxygens (including phenoxy) is 1. The number of rotatable bonds is 7. The second-order valence-corrected chi connectivity index (χ2v) is 6.96. The topological polar surface area (TPSA) is 50.4 Å². The highest BCUT2D eigenvalue weighted by Crippen LogP contribution is 2.22. The van der Waals surface area contributed by atoms with Crippen LogP contribution < -0.4 is 15.4 Å². The van der Waals surface area contributed by atoms with Gasteiger partial charge in [-0.2, -0.15) is 0 Å². The Morgan fingerprint density at radius 3 is 2.48 bits per heavy atom. The predicted molar refractivity (Wildman–Crippen MR) is 102 cm³/mol. The Labute approximate surface area is 150 Å². The third-order valence-electron chi connectivity index (χ3n) is 4.36. The monoisotopic (exact) mass is 340 g/mol. The number of aryl methyl sites for hydroxylation is 1. The van der Waals surface area contributed by atoms with Gasteiger partial charge in [-0.05, 0) is 36.6 Å². The van der Waals surface area contributed by atoms with Gasteiger partial charge >= 0.3 is 6.03 Å². The van der Waals surface area contributed by atoms with Crippen LogP contribution in [0, 0.1) is 6.92 Å². The number of hydrogen-bond acceptors (Lipinski definition) is 2. The Bertz CT molecular complexity index is 693. The van der Waals surface area contributed by atoms with Gasteiger partial charge in [-0.25, -0.2) is 4.79 Å². The molecule has 0 heterocycles. The average molecular weight is 340 g/mol. The van der Waals surface area contributed by atoms with Crippen molar-refractivity contribution in [3.05, 3.63) is 65.2 Å². The van der Waals surface area contributed by atoms with E-state index in [2.05, 4.69) is 55.7 Å². The maximum atomic E-state index is 12.0. The fourth-order valence-electron chi connectivity index (χ4n) is 2.62. The Kier molecular flexibility index (Phi) is 6.45. The number of benzene rings is 2. The first-order chi connectivity index (χ1) is 11.9. The summed E-state index contributed by atoms with van der Waals surface area (Å²) in [6, 6.07) is 16.2. The van der Waals surface area contributed by atoms with E-state index in [0.29, 0.717) is 13.1 Å². The van der Waals surface area contributed by atoms with Gasteiger partial charge < -0.3 is 15.4 Å². The summed E-state index contributed by atoms with van der Waals surface area (Å²) in [7, 11) is 1.65. The van der Waals surface area contributed by atoms with Crippen molar-refractivity contribution in [1.82, 2.24) is 10.6 Å². The summed E-state index contributed by atoms with van der Waals surface area (Å²) in [5.41, 5.74) is 3.48. The van der Waals surface area contributed by atoms with Gasteiger partial charge in [-0.3, -0.25) is 0 Å². The van der Waals surface area contributed by atoms with Crippen molar-refractivity contribution >= 4 is 6.03 Å². The minimum atomic E-state index is -0.136. The van der Waals surface area contributed by atoms with Gasteiger partial charge in [-0.1, -0.05) is 55.8 Å². The van der Waals surface area contributed by atoms with Crippen molar-refractivity contribution in [2.75, 3.05) is 20.2 Å². The Morgan fingerprint density at radius 2 is 1.80 bits per heavy atom. The molecule has 0 unspecified atom stereocenters. The quantitative estimate of drug-likeness (QED) is 0.805. The zero-order valence-electron chi connectivity index (χ0n) is 15.6. The molecule has 2 aromatic carbocycles. The molecule has 2 rings (SSSR count). The molecule has 0 bridgehead atoms. The molecule has 0 aromatic heterocycles. The number of carbonyl (C=O) groups is 1. The molecule has 4 nitrogen and oxygen atoms in total. The molecule has 0 aliphatic heterocycles. The Hall–Kier alpha value is -2.49. The second-order valence-electron chi connectivity index (χ2n) is 6.96. The van der Waals surface area contributed by atoms with Crippen molar-refractivity contribution in [3.63, 3.8) is 0 Å². The maximum Gasteiger partial charge on any atom is 0.314 e. The fourth-order valence-corrected chi connectivity index (χ4v) is 2.62. The molecule has 0 atom stereocenters. The van der Waals surface area contributed by atoms with Crippen LogP contribution in [-0.4, -0.2) is 26.2 Å². The molecule has 0 fully saturated rings. The zero-order chi connectivity index (χ0) is 18.3. The van der Waals surface area contributed by atoms with Gasteiger partial charge in [0, 0.05) is 18.5 Å². The van der Waals surface area contributed by atoms with Gasteiger partial charge in [0.15, 0.2) is 0 Å². The lowest BCUT2D eigenvalue weighted by Gasteiger charge is -2.26. The first-order valence-electron chi connectivity index (χ1n) is 8.62. The standard InChI is InChI=1S/C21H28N2O2/c1-16-8-10-18(11-9-16)21(2,3)15-23-20(24)22-13-12-17-6-5-7-19(14-17)25-4/h5-11,14H,12-13,15H2,1-4H3,(H2,22,23,24). The molecule has 134 valence electrons. The summed E-state index contributed by atoms with van der Waals surface area (Å²) in [6.07, 6.45) is 0.770. The third kappa shape index (κ3) is 5.82. The highest BCUT2D eigenvalue weighted by Gasteiger charge is 2.21. The molecule has 0 saturated heterocycles. The first kappa shape index (κ1) is 18.8. The molecule has 0 aliphatic carbocycles. The van der Waals surface area contributed by atoms with Crippen molar-refractivity contribution in [3.8, 4) is 5.75 Å². The van der Waals surface area contributed by atoms with E-state index in [1.165, 1.54) is 11.1 Å². The molecule has 2 aromatic rings. The van der Waals surface area contributed by atoms with Crippen LogP contribution in [0.3, 0.4) is 0 Å². The number of hydrogen-bond donors (Lipinski definition) is 2. The molecule has 2 N–H and O–H groups in total. The molecule has 0 aliphatic rings. The molecule has 25 heavy (non-hydrogen) atoms.